The summed E-state index contributed by atoms with van der Waals surface area (Å²) in [6.45, 7) is 3.10. The Morgan fingerprint density at radius 3 is 2.36 bits per heavy atom. The molecule has 0 fully saturated rings. The van der Waals surface area contributed by atoms with E-state index in [4.69, 9.17) is 0 Å². The molecule has 0 saturated carbocycles. The number of fused-ring (bicyclic) bond motifs is 1. The van der Waals surface area contributed by atoms with Crippen LogP contribution in [-0.2, 0) is 19.5 Å². The molecule has 0 bridgehead atoms. The van der Waals surface area contributed by atoms with Crippen LogP contribution in [0.5, 0.6) is 0 Å². The molecule has 0 unspecified atom stereocenters. The SMILES string of the molecule is N#Cc1ccccc1-c1ccc(CN2CCc3ccccc3C2)cc1. The van der Waals surface area contributed by atoms with Crippen LogP contribution in [0.3, 0.4) is 0 Å². The lowest BCUT2D eigenvalue weighted by Gasteiger charge is -2.28. The molecule has 0 spiro atoms. The molecular formula is C23H20N2. The Morgan fingerprint density at radius 2 is 1.56 bits per heavy atom. The Labute approximate surface area is 149 Å². The number of nitriles is 1. The van der Waals surface area contributed by atoms with E-state index in [0.29, 0.717) is 0 Å². The Kier molecular flexibility index (Phi) is 4.33. The largest absolute Gasteiger partial charge is 0.294 e. The zero-order valence-electron chi connectivity index (χ0n) is 14.2. The van der Waals surface area contributed by atoms with Gasteiger partial charge in [0.2, 0.25) is 0 Å². The maximum absolute atomic E-state index is 9.27. The van der Waals surface area contributed by atoms with Crippen LogP contribution >= 0.6 is 0 Å². The molecule has 3 aromatic carbocycles. The highest BCUT2D eigenvalue weighted by molar-refractivity contribution is 5.70. The van der Waals surface area contributed by atoms with Crippen LogP contribution in [0.25, 0.3) is 11.1 Å². The lowest BCUT2D eigenvalue weighted by Crippen LogP contribution is -2.29. The van der Waals surface area contributed by atoms with Gasteiger partial charge in [-0.15, -0.1) is 0 Å². The molecule has 0 atom stereocenters. The molecule has 0 N–H and O–H groups in total. The van der Waals surface area contributed by atoms with E-state index >= 15 is 0 Å². The van der Waals surface area contributed by atoms with Crippen molar-refractivity contribution in [2.75, 3.05) is 6.54 Å². The monoisotopic (exact) mass is 324 g/mol. The standard InChI is InChI=1S/C23H20N2/c24-15-21-6-3-4-8-23(21)20-11-9-18(10-12-20)16-25-14-13-19-5-1-2-7-22(19)17-25/h1-12H,13-14,16-17H2. The zero-order chi connectivity index (χ0) is 17.1. The van der Waals surface area contributed by atoms with Gasteiger partial charge in [0.15, 0.2) is 0 Å². The second kappa shape index (κ2) is 6.93. The minimum Gasteiger partial charge on any atom is -0.294 e. The smallest absolute Gasteiger partial charge is 0.0998 e. The molecule has 1 aliphatic heterocycles. The van der Waals surface area contributed by atoms with Crippen molar-refractivity contribution in [3.63, 3.8) is 0 Å². The van der Waals surface area contributed by atoms with Crippen molar-refractivity contribution >= 4 is 0 Å². The normalized spacial score (nSPS) is 13.9. The average Bonchev–Trinajstić information content (AvgIpc) is 2.68. The molecule has 4 rings (SSSR count). The highest BCUT2D eigenvalue weighted by Gasteiger charge is 2.15. The van der Waals surface area contributed by atoms with Crippen molar-refractivity contribution < 1.29 is 0 Å². The predicted molar refractivity (Wildman–Crippen MR) is 101 cm³/mol. The topological polar surface area (TPSA) is 27.0 Å². The van der Waals surface area contributed by atoms with E-state index in [1.807, 2.05) is 24.3 Å². The van der Waals surface area contributed by atoms with Gasteiger partial charge in [0, 0.05) is 19.6 Å². The zero-order valence-corrected chi connectivity index (χ0v) is 14.2. The van der Waals surface area contributed by atoms with Gasteiger partial charge in [-0.05, 0) is 40.3 Å². The van der Waals surface area contributed by atoms with Crippen LogP contribution in [0.2, 0.25) is 0 Å². The van der Waals surface area contributed by atoms with Crippen LogP contribution in [-0.4, -0.2) is 11.4 Å². The van der Waals surface area contributed by atoms with Crippen LogP contribution in [0, 0.1) is 11.3 Å². The van der Waals surface area contributed by atoms with E-state index in [1.165, 1.54) is 16.7 Å². The summed E-state index contributed by atoms with van der Waals surface area (Å²) < 4.78 is 0. The molecule has 1 heterocycles. The Morgan fingerprint density at radius 1 is 0.840 bits per heavy atom. The molecule has 0 aliphatic carbocycles. The third-order valence-electron chi connectivity index (χ3n) is 4.93. The summed E-state index contributed by atoms with van der Waals surface area (Å²) in [5, 5.41) is 9.27. The summed E-state index contributed by atoms with van der Waals surface area (Å²) in [6, 6.07) is 27.4. The van der Waals surface area contributed by atoms with Crippen molar-refractivity contribution in [2.24, 2.45) is 0 Å². The fourth-order valence-electron chi connectivity index (χ4n) is 3.57. The lowest BCUT2D eigenvalue weighted by atomic mass is 9.98. The van der Waals surface area contributed by atoms with Gasteiger partial charge in [-0.3, -0.25) is 4.90 Å². The highest BCUT2D eigenvalue weighted by atomic mass is 15.1. The van der Waals surface area contributed by atoms with Crippen molar-refractivity contribution in [3.8, 4) is 17.2 Å². The Balaban J connectivity index is 1.49. The van der Waals surface area contributed by atoms with Crippen LogP contribution < -0.4 is 0 Å². The number of rotatable bonds is 3. The van der Waals surface area contributed by atoms with Gasteiger partial charge in [-0.25, -0.2) is 0 Å². The number of benzene rings is 3. The fourth-order valence-corrected chi connectivity index (χ4v) is 3.57. The first kappa shape index (κ1) is 15.6. The van der Waals surface area contributed by atoms with E-state index in [-0.39, 0.29) is 0 Å². The van der Waals surface area contributed by atoms with E-state index in [9.17, 15) is 5.26 Å². The molecule has 2 nitrogen and oxygen atoms in total. The Hall–Kier alpha value is -2.89. The predicted octanol–water partition coefficient (Wildman–Crippen LogP) is 4.78. The van der Waals surface area contributed by atoms with E-state index in [1.54, 1.807) is 0 Å². The van der Waals surface area contributed by atoms with Gasteiger partial charge in [-0.2, -0.15) is 5.26 Å². The van der Waals surface area contributed by atoms with E-state index < -0.39 is 0 Å². The first-order chi connectivity index (χ1) is 12.3. The molecule has 0 aromatic heterocycles. The van der Waals surface area contributed by atoms with Crippen molar-refractivity contribution in [2.45, 2.75) is 19.5 Å². The molecule has 3 aromatic rings. The van der Waals surface area contributed by atoms with E-state index in [0.717, 1.165) is 42.7 Å². The van der Waals surface area contributed by atoms with Gasteiger partial charge >= 0.3 is 0 Å². The molecular weight excluding hydrogens is 304 g/mol. The van der Waals surface area contributed by atoms with E-state index in [2.05, 4.69) is 59.5 Å². The molecule has 122 valence electrons. The summed E-state index contributed by atoms with van der Waals surface area (Å²) in [5.41, 5.74) is 7.09. The number of nitrogens with zero attached hydrogens (tertiary/aromatic N) is 2. The summed E-state index contributed by atoms with van der Waals surface area (Å²) in [6.07, 6.45) is 1.13. The fraction of sp³-hybridized carbons (Fsp3) is 0.174. The van der Waals surface area contributed by atoms with Crippen molar-refractivity contribution in [1.82, 2.24) is 4.90 Å². The molecule has 0 saturated heterocycles. The van der Waals surface area contributed by atoms with Crippen LogP contribution in [0.4, 0.5) is 0 Å². The summed E-state index contributed by atoms with van der Waals surface area (Å²) >= 11 is 0. The number of hydrogen-bond acceptors (Lipinski definition) is 2. The molecule has 1 aliphatic rings. The summed E-state index contributed by atoms with van der Waals surface area (Å²) in [5.74, 6) is 0. The maximum Gasteiger partial charge on any atom is 0.0998 e. The van der Waals surface area contributed by atoms with Crippen molar-refractivity contribution in [1.29, 1.82) is 5.26 Å². The molecule has 2 heteroatoms. The molecule has 0 radical (unpaired) electrons. The maximum atomic E-state index is 9.27. The second-order valence-corrected chi connectivity index (χ2v) is 6.58. The van der Waals surface area contributed by atoms with Crippen LogP contribution in [0.15, 0.2) is 72.8 Å². The first-order valence-corrected chi connectivity index (χ1v) is 8.71. The summed E-state index contributed by atoms with van der Waals surface area (Å²) in [7, 11) is 0. The average molecular weight is 324 g/mol. The van der Waals surface area contributed by atoms with Gasteiger partial charge in [-0.1, -0.05) is 66.7 Å². The third kappa shape index (κ3) is 3.33. The van der Waals surface area contributed by atoms with Gasteiger partial charge in [0.05, 0.1) is 11.6 Å². The van der Waals surface area contributed by atoms with Gasteiger partial charge in [0.25, 0.3) is 0 Å². The minimum absolute atomic E-state index is 0.725. The lowest BCUT2D eigenvalue weighted by molar-refractivity contribution is 0.245. The first-order valence-electron chi connectivity index (χ1n) is 8.71. The minimum atomic E-state index is 0.725. The summed E-state index contributed by atoms with van der Waals surface area (Å²) in [4.78, 5) is 2.50. The quantitative estimate of drug-likeness (QED) is 0.693. The Bertz CT molecular complexity index is 919. The molecule has 0 amide bonds. The van der Waals surface area contributed by atoms with Crippen molar-refractivity contribution in [3.05, 3.63) is 95.1 Å². The van der Waals surface area contributed by atoms with Gasteiger partial charge in [0.1, 0.15) is 0 Å². The van der Waals surface area contributed by atoms with Crippen LogP contribution in [0.1, 0.15) is 22.3 Å². The highest BCUT2D eigenvalue weighted by Crippen LogP contribution is 2.25. The molecule has 25 heavy (non-hydrogen) atoms. The number of hydrogen-bond donors (Lipinski definition) is 0. The third-order valence-corrected chi connectivity index (χ3v) is 4.93. The second-order valence-electron chi connectivity index (χ2n) is 6.58. The van der Waals surface area contributed by atoms with Gasteiger partial charge < -0.3 is 0 Å².